The van der Waals surface area contributed by atoms with Crippen LogP contribution in [0.25, 0.3) is 0 Å². The maximum Gasteiger partial charge on any atom is 0.255 e. The van der Waals surface area contributed by atoms with E-state index < -0.39 is 0 Å². The SMILES string of the molecule is CCCNc1ccncc1C(=O)NCC(C)OC. The molecule has 0 aliphatic rings. The van der Waals surface area contributed by atoms with Crippen LogP contribution in [0.1, 0.15) is 30.6 Å². The second kappa shape index (κ2) is 7.66. The normalized spacial score (nSPS) is 11.9. The van der Waals surface area contributed by atoms with E-state index in [9.17, 15) is 4.79 Å². The summed E-state index contributed by atoms with van der Waals surface area (Å²) in [6.45, 7) is 5.30. The number of anilines is 1. The lowest BCUT2D eigenvalue weighted by Gasteiger charge is -2.13. The maximum atomic E-state index is 12.0. The summed E-state index contributed by atoms with van der Waals surface area (Å²) >= 11 is 0. The molecule has 0 saturated heterocycles. The zero-order chi connectivity index (χ0) is 13.4. The largest absolute Gasteiger partial charge is 0.384 e. The zero-order valence-electron chi connectivity index (χ0n) is 11.2. The predicted octanol–water partition coefficient (Wildman–Crippen LogP) is 1.67. The number of amides is 1. The molecular formula is C13H21N3O2. The number of carbonyl (C=O) groups is 1. The Balaban J connectivity index is 2.66. The Kier molecular flexibility index (Phi) is 6.14. The lowest BCUT2D eigenvalue weighted by atomic mass is 10.2. The van der Waals surface area contributed by atoms with E-state index in [0.29, 0.717) is 12.1 Å². The van der Waals surface area contributed by atoms with Crippen LogP contribution in [-0.2, 0) is 4.74 Å². The Morgan fingerprint density at radius 3 is 3.00 bits per heavy atom. The van der Waals surface area contributed by atoms with Crippen LogP contribution in [0, 0.1) is 0 Å². The van der Waals surface area contributed by atoms with Crippen molar-refractivity contribution < 1.29 is 9.53 Å². The van der Waals surface area contributed by atoms with Crippen LogP contribution in [0.15, 0.2) is 18.5 Å². The van der Waals surface area contributed by atoms with Crippen LogP contribution in [0.2, 0.25) is 0 Å². The number of nitrogens with one attached hydrogen (secondary N) is 2. The van der Waals surface area contributed by atoms with E-state index in [1.54, 1.807) is 19.5 Å². The van der Waals surface area contributed by atoms with Gasteiger partial charge in [-0.15, -0.1) is 0 Å². The molecule has 1 aromatic rings. The number of rotatable bonds is 7. The van der Waals surface area contributed by atoms with Gasteiger partial charge in [-0.05, 0) is 19.4 Å². The number of hydrogen-bond acceptors (Lipinski definition) is 4. The van der Waals surface area contributed by atoms with Gasteiger partial charge < -0.3 is 15.4 Å². The lowest BCUT2D eigenvalue weighted by Crippen LogP contribution is -2.32. The number of methoxy groups -OCH3 is 1. The van der Waals surface area contributed by atoms with Crippen molar-refractivity contribution >= 4 is 11.6 Å². The van der Waals surface area contributed by atoms with Crippen molar-refractivity contribution in [3.05, 3.63) is 24.0 Å². The first-order valence-electron chi connectivity index (χ1n) is 6.17. The minimum Gasteiger partial charge on any atom is -0.384 e. The van der Waals surface area contributed by atoms with E-state index in [2.05, 4.69) is 22.5 Å². The molecule has 5 heteroatoms. The average Bonchev–Trinajstić information content (AvgIpc) is 2.42. The Morgan fingerprint density at radius 1 is 1.56 bits per heavy atom. The topological polar surface area (TPSA) is 63.2 Å². The minimum atomic E-state index is -0.134. The third-order valence-corrected chi connectivity index (χ3v) is 2.58. The van der Waals surface area contributed by atoms with Gasteiger partial charge in [0.05, 0.1) is 17.4 Å². The van der Waals surface area contributed by atoms with E-state index in [0.717, 1.165) is 18.7 Å². The van der Waals surface area contributed by atoms with Crippen molar-refractivity contribution in [1.82, 2.24) is 10.3 Å². The smallest absolute Gasteiger partial charge is 0.255 e. The number of pyridine rings is 1. The fourth-order valence-electron chi connectivity index (χ4n) is 1.40. The Hall–Kier alpha value is -1.62. The summed E-state index contributed by atoms with van der Waals surface area (Å²) in [5, 5.41) is 6.04. The van der Waals surface area contributed by atoms with Crippen LogP contribution >= 0.6 is 0 Å². The minimum absolute atomic E-state index is 0.00216. The Labute approximate surface area is 108 Å². The summed E-state index contributed by atoms with van der Waals surface area (Å²) in [4.78, 5) is 16.0. The zero-order valence-corrected chi connectivity index (χ0v) is 11.2. The molecule has 100 valence electrons. The molecule has 1 unspecified atom stereocenters. The number of hydrogen-bond donors (Lipinski definition) is 2. The van der Waals surface area contributed by atoms with Gasteiger partial charge in [0.2, 0.25) is 0 Å². The summed E-state index contributed by atoms with van der Waals surface area (Å²) in [5.74, 6) is -0.134. The summed E-state index contributed by atoms with van der Waals surface area (Å²) < 4.78 is 5.09. The molecule has 1 aromatic heterocycles. The lowest BCUT2D eigenvalue weighted by molar-refractivity contribution is 0.0871. The highest BCUT2D eigenvalue weighted by molar-refractivity contribution is 5.99. The summed E-state index contributed by atoms with van der Waals surface area (Å²) in [5.41, 5.74) is 1.38. The van der Waals surface area contributed by atoms with Crippen molar-refractivity contribution in [3.8, 4) is 0 Å². The van der Waals surface area contributed by atoms with E-state index in [-0.39, 0.29) is 12.0 Å². The number of carbonyl (C=O) groups excluding carboxylic acids is 1. The quantitative estimate of drug-likeness (QED) is 0.773. The Bertz CT molecular complexity index is 382. The average molecular weight is 251 g/mol. The third kappa shape index (κ3) is 4.33. The molecule has 2 N–H and O–H groups in total. The summed E-state index contributed by atoms with van der Waals surface area (Å²) in [6.07, 6.45) is 4.25. The second-order valence-corrected chi connectivity index (χ2v) is 4.10. The number of ether oxygens (including phenoxy) is 1. The van der Waals surface area contributed by atoms with Crippen molar-refractivity contribution in [1.29, 1.82) is 0 Å². The van der Waals surface area contributed by atoms with E-state index in [4.69, 9.17) is 4.74 Å². The summed E-state index contributed by atoms with van der Waals surface area (Å²) in [7, 11) is 1.62. The molecule has 5 nitrogen and oxygen atoms in total. The van der Waals surface area contributed by atoms with E-state index in [1.165, 1.54) is 0 Å². The molecule has 0 bridgehead atoms. The molecular weight excluding hydrogens is 230 g/mol. The van der Waals surface area contributed by atoms with Crippen molar-refractivity contribution in [2.75, 3.05) is 25.5 Å². The Morgan fingerprint density at radius 2 is 2.33 bits per heavy atom. The first-order valence-corrected chi connectivity index (χ1v) is 6.17. The fraction of sp³-hybridized carbons (Fsp3) is 0.538. The van der Waals surface area contributed by atoms with Crippen LogP contribution in [-0.4, -0.2) is 37.2 Å². The second-order valence-electron chi connectivity index (χ2n) is 4.10. The molecule has 1 atom stereocenters. The van der Waals surface area contributed by atoms with Crippen molar-refractivity contribution in [2.45, 2.75) is 26.4 Å². The molecule has 0 spiro atoms. The highest BCUT2D eigenvalue weighted by Crippen LogP contribution is 2.13. The van der Waals surface area contributed by atoms with Crippen molar-refractivity contribution in [2.24, 2.45) is 0 Å². The highest BCUT2D eigenvalue weighted by Gasteiger charge is 2.11. The van der Waals surface area contributed by atoms with Gasteiger partial charge in [0.1, 0.15) is 0 Å². The van der Waals surface area contributed by atoms with E-state index in [1.807, 2.05) is 13.0 Å². The molecule has 1 rings (SSSR count). The van der Waals surface area contributed by atoms with Crippen LogP contribution in [0.5, 0.6) is 0 Å². The molecule has 0 saturated carbocycles. The van der Waals surface area contributed by atoms with Gasteiger partial charge in [-0.1, -0.05) is 6.92 Å². The standard InChI is InChI=1S/C13H21N3O2/c1-4-6-15-12-5-7-14-9-11(12)13(17)16-8-10(2)18-3/h5,7,9-10H,4,6,8H2,1-3H3,(H,14,15)(H,16,17). The van der Waals surface area contributed by atoms with Gasteiger partial charge in [-0.2, -0.15) is 0 Å². The monoisotopic (exact) mass is 251 g/mol. The maximum absolute atomic E-state index is 12.0. The van der Waals surface area contributed by atoms with Gasteiger partial charge in [0, 0.05) is 32.6 Å². The van der Waals surface area contributed by atoms with E-state index >= 15 is 0 Å². The van der Waals surface area contributed by atoms with Gasteiger partial charge in [-0.25, -0.2) is 0 Å². The van der Waals surface area contributed by atoms with Crippen LogP contribution in [0.4, 0.5) is 5.69 Å². The molecule has 0 aliphatic heterocycles. The van der Waals surface area contributed by atoms with Crippen LogP contribution < -0.4 is 10.6 Å². The highest BCUT2D eigenvalue weighted by atomic mass is 16.5. The van der Waals surface area contributed by atoms with Crippen molar-refractivity contribution in [3.63, 3.8) is 0 Å². The fourth-order valence-corrected chi connectivity index (χ4v) is 1.40. The first-order chi connectivity index (χ1) is 8.69. The number of nitrogens with zero attached hydrogens (tertiary/aromatic N) is 1. The number of aromatic nitrogens is 1. The molecule has 0 radical (unpaired) electrons. The molecule has 18 heavy (non-hydrogen) atoms. The molecule has 1 amide bonds. The first kappa shape index (κ1) is 14.4. The molecule has 0 fully saturated rings. The van der Waals surface area contributed by atoms with Gasteiger partial charge in [0.15, 0.2) is 0 Å². The molecule has 0 aromatic carbocycles. The van der Waals surface area contributed by atoms with Gasteiger partial charge in [0.25, 0.3) is 5.91 Å². The third-order valence-electron chi connectivity index (χ3n) is 2.58. The van der Waals surface area contributed by atoms with Crippen LogP contribution in [0.3, 0.4) is 0 Å². The van der Waals surface area contributed by atoms with Gasteiger partial charge >= 0.3 is 0 Å². The predicted molar refractivity (Wildman–Crippen MR) is 71.8 cm³/mol. The van der Waals surface area contributed by atoms with Gasteiger partial charge in [-0.3, -0.25) is 9.78 Å². The molecule has 0 aliphatic carbocycles. The molecule has 1 heterocycles. The summed E-state index contributed by atoms with van der Waals surface area (Å²) in [6, 6.07) is 1.81.